The summed E-state index contributed by atoms with van der Waals surface area (Å²) in [5.41, 5.74) is 1.03. The Bertz CT molecular complexity index is 864. The molecule has 0 radical (unpaired) electrons. The van der Waals surface area contributed by atoms with E-state index >= 15 is 0 Å². The van der Waals surface area contributed by atoms with Crippen LogP contribution in [-0.2, 0) is 6.42 Å². The van der Waals surface area contributed by atoms with Gasteiger partial charge in [0.25, 0.3) is 0 Å². The van der Waals surface area contributed by atoms with E-state index in [0.29, 0.717) is 49.2 Å². The predicted molar refractivity (Wildman–Crippen MR) is 106 cm³/mol. The fourth-order valence-electron chi connectivity index (χ4n) is 3.10. The molecular weight excluding hydrogens is 356 g/mol. The van der Waals surface area contributed by atoms with Gasteiger partial charge in [-0.15, -0.1) is 0 Å². The van der Waals surface area contributed by atoms with Crippen molar-refractivity contribution in [2.24, 2.45) is 5.41 Å². The van der Waals surface area contributed by atoms with Crippen LogP contribution in [0.2, 0.25) is 0 Å². The molecule has 2 aromatic rings. The van der Waals surface area contributed by atoms with Gasteiger partial charge in [-0.1, -0.05) is 19.9 Å². The third-order valence-corrected chi connectivity index (χ3v) is 5.17. The lowest BCUT2D eigenvalue weighted by Gasteiger charge is -2.49. The first-order valence-corrected chi connectivity index (χ1v) is 9.48. The molecule has 0 amide bonds. The lowest BCUT2D eigenvalue weighted by Crippen LogP contribution is -2.57. The summed E-state index contributed by atoms with van der Waals surface area (Å²) in [5, 5.41) is 25.7. The molecule has 8 nitrogen and oxygen atoms in total. The van der Waals surface area contributed by atoms with Gasteiger partial charge in [0, 0.05) is 36.2 Å². The van der Waals surface area contributed by atoms with E-state index < -0.39 is 0 Å². The largest absolute Gasteiger partial charge is 0.478 e. The molecule has 0 unspecified atom stereocenters. The van der Waals surface area contributed by atoms with E-state index in [9.17, 15) is 10.4 Å². The van der Waals surface area contributed by atoms with Crippen molar-refractivity contribution < 1.29 is 9.84 Å². The quantitative estimate of drug-likeness (QED) is 0.637. The first-order valence-electron chi connectivity index (χ1n) is 9.48. The zero-order valence-corrected chi connectivity index (χ0v) is 16.4. The average molecular weight is 382 g/mol. The number of anilines is 2. The molecule has 3 N–H and O–H groups in total. The second kappa shape index (κ2) is 8.40. The summed E-state index contributed by atoms with van der Waals surface area (Å²) in [4.78, 5) is 13.1. The summed E-state index contributed by atoms with van der Waals surface area (Å²) in [6.45, 7) is 7.10. The Hall–Kier alpha value is -2.92. The smallest absolute Gasteiger partial charge is 0.224 e. The topological polar surface area (TPSA) is 116 Å². The highest BCUT2D eigenvalue weighted by Crippen LogP contribution is 2.42. The molecule has 0 aromatic carbocycles. The molecule has 1 saturated carbocycles. The van der Waals surface area contributed by atoms with Gasteiger partial charge in [0.15, 0.2) is 0 Å². The predicted octanol–water partition coefficient (Wildman–Crippen LogP) is 2.37. The number of aliphatic hydroxyl groups excluding tert-OH is 1. The number of nitrogens with zero attached hydrogens (tertiary/aromatic N) is 4. The molecule has 8 heteroatoms. The molecule has 0 aliphatic heterocycles. The third kappa shape index (κ3) is 4.31. The van der Waals surface area contributed by atoms with Crippen molar-refractivity contribution in [3.8, 4) is 11.9 Å². The maximum Gasteiger partial charge on any atom is 0.224 e. The third-order valence-electron chi connectivity index (χ3n) is 5.17. The van der Waals surface area contributed by atoms with Crippen molar-refractivity contribution in [3.63, 3.8) is 0 Å². The van der Waals surface area contributed by atoms with Gasteiger partial charge < -0.3 is 20.5 Å². The molecule has 0 saturated heterocycles. The number of nitrogens with one attached hydrogen (secondary N) is 2. The standard InChI is InChI=1S/C20H26N6O2/c1-4-28-17-7-5-6-14(24-17)8-9-22-19-23-12-13(11-21)18(26-19)25-15-10-16(27)20(15,2)3/h5-7,12,15-16,27H,4,8-10H2,1-3H3,(H2,22,23,25,26)/t15-,16+/m1/s1. The summed E-state index contributed by atoms with van der Waals surface area (Å²) in [7, 11) is 0. The van der Waals surface area contributed by atoms with Gasteiger partial charge in [-0.25, -0.2) is 9.97 Å². The molecule has 2 aromatic heterocycles. The Morgan fingerprint density at radius 1 is 1.36 bits per heavy atom. The maximum atomic E-state index is 9.92. The molecule has 2 heterocycles. The van der Waals surface area contributed by atoms with Crippen molar-refractivity contribution in [2.75, 3.05) is 23.8 Å². The van der Waals surface area contributed by atoms with Crippen molar-refractivity contribution in [1.82, 2.24) is 15.0 Å². The van der Waals surface area contributed by atoms with E-state index in [-0.39, 0.29) is 17.6 Å². The fourth-order valence-corrected chi connectivity index (χ4v) is 3.10. The minimum Gasteiger partial charge on any atom is -0.478 e. The zero-order valence-electron chi connectivity index (χ0n) is 16.4. The monoisotopic (exact) mass is 382 g/mol. The molecule has 1 aliphatic carbocycles. The minimum absolute atomic E-state index is 0.0582. The second-order valence-electron chi connectivity index (χ2n) is 7.41. The van der Waals surface area contributed by atoms with Crippen LogP contribution in [0.4, 0.5) is 11.8 Å². The first kappa shape index (κ1) is 19.8. The highest BCUT2D eigenvalue weighted by atomic mass is 16.5. The van der Waals surface area contributed by atoms with Crippen LogP contribution in [0.25, 0.3) is 0 Å². The summed E-state index contributed by atoms with van der Waals surface area (Å²) in [6, 6.07) is 7.87. The van der Waals surface area contributed by atoms with Gasteiger partial charge in [0.05, 0.1) is 18.9 Å². The SMILES string of the molecule is CCOc1cccc(CCNc2ncc(C#N)c(N[C@@H]3C[C@H](O)C3(C)C)n2)n1. The Morgan fingerprint density at radius 2 is 2.18 bits per heavy atom. The molecular formula is C20H26N6O2. The Labute approximate surface area is 165 Å². The van der Waals surface area contributed by atoms with E-state index in [2.05, 4.69) is 31.7 Å². The zero-order chi connectivity index (χ0) is 20.1. The maximum absolute atomic E-state index is 9.92. The molecule has 3 rings (SSSR count). The number of hydrogen-bond acceptors (Lipinski definition) is 8. The van der Waals surface area contributed by atoms with Crippen LogP contribution in [0.1, 0.15) is 38.4 Å². The van der Waals surface area contributed by atoms with Crippen molar-refractivity contribution in [2.45, 2.75) is 45.8 Å². The molecule has 0 bridgehead atoms. The number of pyridine rings is 1. The second-order valence-corrected chi connectivity index (χ2v) is 7.41. The lowest BCUT2D eigenvalue weighted by molar-refractivity contribution is -0.0511. The summed E-state index contributed by atoms with van der Waals surface area (Å²) in [5.74, 6) is 1.55. The van der Waals surface area contributed by atoms with Crippen molar-refractivity contribution >= 4 is 11.8 Å². The Balaban J connectivity index is 1.62. The van der Waals surface area contributed by atoms with Crippen LogP contribution in [0.15, 0.2) is 24.4 Å². The number of hydrogen-bond donors (Lipinski definition) is 3. The van der Waals surface area contributed by atoms with Crippen LogP contribution >= 0.6 is 0 Å². The van der Waals surface area contributed by atoms with Gasteiger partial charge in [-0.3, -0.25) is 0 Å². The van der Waals surface area contributed by atoms with E-state index in [1.807, 2.05) is 39.0 Å². The van der Waals surface area contributed by atoms with Gasteiger partial charge in [0.1, 0.15) is 17.5 Å². The molecule has 2 atom stereocenters. The number of aromatic nitrogens is 3. The number of ether oxygens (including phenoxy) is 1. The van der Waals surface area contributed by atoms with Gasteiger partial charge in [-0.2, -0.15) is 10.2 Å². The van der Waals surface area contributed by atoms with Crippen LogP contribution in [0, 0.1) is 16.7 Å². The number of rotatable bonds is 8. The van der Waals surface area contributed by atoms with Crippen molar-refractivity contribution in [1.29, 1.82) is 5.26 Å². The van der Waals surface area contributed by atoms with Crippen molar-refractivity contribution in [3.05, 3.63) is 35.7 Å². The summed E-state index contributed by atoms with van der Waals surface area (Å²) >= 11 is 0. The summed E-state index contributed by atoms with van der Waals surface area (Å²) in [6.07, 6.45) is 2.48. The van der Waals surface area contributed by atoms with Crippen LogP contribution < -0.4 is 15.4 Å². The average Bonchev–Trinajstić information content (AvgIpc) is 2.68. The summed E-state index contributed by atoms with van der Waals surface area (Å²) < 4.78 is 5.42. The number of aliphatic hydroxyl groups is 1. The van der Waals surface area contributed by atoms with E-state index in [4.69, 9.17) is 4.74 Å². The van der Waals surface area contributed by atoms with Gasteiger partial charge >= 0.3 is 0 Å². The molecule has 1 fully saturated rings. The van der Waals surface area contributed by atoms with Crippen LogP contribution in [0.5, 0.6) is 5.88 Å². The number of nitriles is 1. The van der Waals surface area contributed by atoms with E-state index in [0.717, 1.165) is 5.69 Å². The molecule has 148 valence electrons. The van der Waals surface area contributed by atoms with Crippen LogP contribution in [0.3, 0.4) is 0 Å². The van der Waals surface area contributed by atoms with Crippen LogP contribution in [-0.4, -0.2) is 45.4 Å². The Morgan fingerprint density at radius 3 is 2.86 bits per heavy atom. The lowest BCUT2D eigenvalue weighted by atomic mass is 9.64. The highest BCUT2D eigenvalue weighted by Gasteiger charge is 2.47. The van der Waals surface area contributed by atoms with Gasteiger partial charge in [-0.05, 0) is 19.4 Å². The highest BCUT2D eigenvalue weighted by molar-refractivity contribution is 5.54. The van der Waals surface area contributed by atoms with Gasteiger partial charge in [0.2, 0.25) is 11.8 Å². The first-order chi connectivity index (χ1) is 13.4. The molecule has 28 heavy (non-hydrogen) atoms. The van der Waals surface area contributed by atoms with E-state index in [1.54, 1.807) is 0 Å². The minimum atomic E-state index is -0.352. The van der Waals surface area contributed by atoms with E-state index in [1.165, 1.54) is 6.20 Å². The fraction of sp³-hybridized carbons (Fsp3) is 0.500. The Kier molecular flexibility index (Phi) is 5.95. The molecule has 0 spiro atoms. The molecule has 1 aliphatic rings. The normalized spacial score (nSPS) is 20.0.